The normalized spacial score (nSPS) is 14.4. The number of nitrogens with zero attached hydrogens (tertiary/aromatic N) is 1. The van der Waals surface area contributed by atoms with Gasteiger partial charge >= 0.3 is 0 Å². The van der Waals surface area contributed by atoms with Crippen LogP contribution < -0.4 is 5.73 Å². The van der Waals surface area contributed by atoms with Crippen LogP contribution in [0.2, 0.25) is 0 Å². The third-order valence-corrected chi connectivity index (χ3v) is 5.09. The summed E-state index contributed by atoms with van der Waals surface area (Å²) in [5.74, 6) is 0.297. The SMILES string of the molecule is CCC1(c2cccc(N)c2)c2c1c(O)n(Cc1ccccc1)c2O. The highest BCUT2D eigenvalue weighted by Gasteiger charge is 2.58. The van der Waals surface area contributed by atoms with E-state index in [0.29, 0.717) is 12.2 Å². The van der Waals surface area contributed by atoms with Gasteiger partial charge in [-0.25, -0.2) is 0 Å². The molecule has 24 heavy (non-hydrogen) atoms. The minimum Gasteiger partial charge on any atom is -0.494 e. The van der Waals surface area contributed by atoms with E-state index in [4.69, 9.17) is 5.73 Å². The fourth-order valence-electron chi connectivity index (χ4n) is 3.86. The van der Waals surface area contributed by atoms with Crippen LogP contribution in [0.4, 0.5) is 5.69 Å². The van der Waals surface area contributed by atoms with Crippen molar-refractivity contribution in [3.63, 3.8) is 0 Å². The first-order valence-electron chi connectivity index (χ1n) is 8.15. The summed E-state index contributed by atoms with van der Waals surface area (Å²) in [6.07, 6.45) is 0.772. The van der Waals surface area contributed by atoms with Crippen LogP contribution in [0, 0.1) is 0 Å². The second-order valence-corrected chi connectivity index (χ2v) is 6.35. The Morgan fingerprint density at radius 3 is 2.21 bits per heavy atom. The molecule has 4 nitrogen and oxygen atoms in total. The Hall–Kier alpha value is -2.88. The molecule has 4 N–H and O–H groups in total. The molecule has 0 saturated heterocycles. The van der Waals surface area contributed by atoms with Gasteiger partial charge in [-0.05, 0) is 29.7 Å². The molecule has 0 spiro atoms. The molecule has 1 aromatic heterocycles. The Bertz CT molecular complexity index is 885. The van der Waals surface area contributed by atoms with Gasteiger partial charge in [0.05, 0.1) is 12.0 Å². The Morgan fingerprint density at radius 2 is 1.62 bits per heavy atom. The summed E-state index contributed by atoms with van der Waals surface area (Å²) in [5, 5.41) is 21.4. The fourth-order valence-corrected chi connectivity index (χ4v) is 3.86. The molecule has 0 fully saturated rings. The molecule has 2 aromatic carbocycles. The lowest BCUT2D eigenvalue weighted by Crippen LogP contribution is -2.13. The molecule has 0 saturated carbocycles. The number of aromatic hydroxyl groups is 2. The van der Waals surface area contributed by atoms with E-state index in [1.807, 2.05) is 54.6 Å². The Balaban J connectivity index is 1.76. The summed E-state index contributed by atoms with van der Waals surface area (Å²) >= 11 is 0. The van der Waals surface area contributed by atoms with Crippen LogP contribution in [0.25, 0.3) is 0 Å². The van der Waals surface area contributed by atoms with Crippen molar-refractivity contribution in [1.82, 2.24) is 4.57 Å². The molecule has 0 aliphatic heterocycles. The van der Waals surface area contributed by atoms with Crippen LogP contribution in [0.1, 0.15) is 35.6 Å². The van der Waals surface area contributed by atoms with E-state index in [-0.39, 0.29) is 11.8 Å². The van der Waals surface area contributed by atoms with Crippen LogP contribution in [-0.2, 0) is 12.0 Å². The van der Waals surface area contributed by atoms with Gasteiger partial charge in [0.2, 0.25) is 0 Å². The Kier molecular flexibility index (Phi) is 3.10. The van der Waals surface area contributed by atoms with Gasteiger partial charge in [-0.15, -0.1) is 0 Å². The van der Waals surface area contributed by atoms with Crippen LogP contribution in [-0.4, -0.2) is 14.8 Å². The largest absolute Gasteiger partial charge is 0.494 e. The second-order valence-electron chi connectivity index (χ2n) is 6.35. The standard InChI is InChI=1S/C20H20N2O2/c1-2-20(14-9-6-10-15(21)11-14)16-17(20)19(24)22(18(16)23)12-13-7-4-3-5-8-13/h3-11,23-24H,2,12,21H2,1H3. The van der Waals surface area contributed by atoms with Crippen LogP contribution in [0.5, 0.6) is 11.8 Å². The molecule has 3 aromatic rings. The molecular formula is C20H20N2O2. The van der Waals surface area contributed by atoms with Gasteiger partial charge in [0, 0.05) is 16.8 Å². The predicted molar refractivity (Wildman–Crippen MR) is 94.3 cm³/mol. The van der Waals surface area contributed by atoms with E-state index >= 15 is 0 Å². The second kappa shape index (κ2) is 5.06. The number of nitrogen functional groups attached to an aromatic ring is 1. The van der Waals surface area contributed by atoms with Crippen molar-refractivity contribution in [2.75, 3.05) is 5.73 Å². The zero-order valence-corrected chi connectivity index (χ0v) is 13.5. The summed E-state index contributed by atoms with van der Waals surface area (Å²) in [6, 6.07) is 17.5. The maximum absolute atomic E-state index is 10.7. The predicted octanol–water partition coefficient (Wildman–Crippen LogP) is 3.59. The van der Waals surface area contributed by atoms with Gasteiger partial charge in [0.25, 0.3) is 0 Å². The number of nitrogens with two attached hydrogens (primary N) is 1. The average Bonchev–Trinajstić information content (AvgIpc) is 3.23. The van der Waals surface area contributed by atoms with Crippen molar-refractivity contribution >= 4 is 5.69 Å². The molecule has 1 aliphatic carbocycles. The maximum atomic E-state index is 10.7. The van der Waals surface area contributed by atoms with Crippen molar-refractivity contribution < 1.29 is 10.2 Å². The first-order chi connectivity index (χ1) is 11.6. The lowest BCUT2D eigenvalue weighted by Gasteiger charge is -2.20. The molecule has 4 rings (SSSR count). The number of aromatic nitrogens is 1. The molecule has 0 radical (unpaired) electrons. The molecule has 1 aliphatic rings. The fraction of sp³-hybridized carbons (Fsp3) is 0.200. The topological polar surface area (TPSA) is 71.4 Å². The number of fused-ring (bicyclic) bond motifs is 1. The maximum Gasteiger partial charge on any atom is 0.199 e. The lowest BCUT2D eigenvalue weighted by molar-refractivity contribution is 0.362. The zero-order valence-electron chi connectivity index (χ0n) is 13.5. The third kappa shape index (κ3) is 1.86. The van der Waals surface area contributed by atoms with E-state index in [1.165, 1.54) is 0 Å². The van der Waals surface area contributed by atoms with Crippen LogP contribution in [0.3, 0.4) is 0 Å². The van der Waals surface area contributed by atoms with Crippen molar-refractivity contribution in [3.8, 4) is 11.8 Å². The minimum absolute atomic E-state index is 0.149. The van der Waals surface area contributed by atoms with Gasteiger partial charge in [-0.3, -0.25) is 4.57 Å². The molecule has 1 heterocycles. The molecule has 122 valence electrons. The van der Waals surface area contributed by atoms with Gasteiger partial charge < -0.3 is 15.9 Å². The first-order valence-corrected chi connectivity index (χ1v) is 8.15. The van der Waals surface area contributed by atoms with E-state index in [9.17, 15) is 10.2 Å². The van der Waals surface area contributed by atoms with Crippen molar-refractivity contribution in [1.29, 1.82) is 0 Å². The van der Waals surface area contributed by atoms with Crippen molar-refractivity contribution in [2.24, 2.45) is 0 Å². The molecule has 0 atom stereocenters. The van der Waals surface area contributed by atoms with Crippen LogP contribution >= 0.6 is 0 Å². The highest BCUT2D eigenvalue weighted by Crippen LogP contribution is 2.66. The molecule has 0 unspecified atom stereocenters. The number of rotatable bonds is 4. The quantitative estimate of drug-likeness (QED) is 0.643. The van der Waals surface area contributed by atoms with Crippen LogP contribution in [0.15, 0.2) is 54.6 Å². The van der Waals surface area contributed by atoms with Crippen molar-refractivity contribution in [2.45, 2.75) is 25.3 Å². The Labute approximate surface area is 140 Å². The van der Waals surface area contributed by atoms with Gasteiger partial charge in [0.15, 0.2) is 11.8 Å². The van der Waals surface area contributed by atoms with Gasteiger partial charge in [-0.1, -0.05) is 49.4 Å². The summed E-state index contributed by atoms with van der Waals surface area (Å²) < 4.78 is 1.57. The van der Waals surface area contributed by atoms with E-state index in [2.05, 4.69) is 6.92 Å². The van der Waals surface area contributed by atoms with Crippen molar-refractivity contribution in [3.05, 3.63) is 76.9 Å². The summed E-state index contributed by atoms with van der Waals surface area (Å²) in [7, 11) is 0. The summed E-state index contributed by atoms with van der Waals surface area (Å²) in [6.45, 7) is 2.51. The van der Waals surface area contributed by atoms with Gasteiger partial charge in [0.1, 0.15) is 0 Å². The lowest BCUT2D eigenvalue weighted by atomic mass is 9.87. The average molecular weight is 320 g/mol. The van der Waals surface area contributed by atoms with E-state index in [0.717, 1.165) is 28.7 Å². The smallest absolute Gasteiger partial charge is 0.199 e. The molecular weight excluding hydrogens is 300 g/mol. The Morgan fingerprint density at radius 1 is 0.958 bits per heavy atom. The molecule has 0 bridgehead atoms. The third-order valence-electron chi connectivity index (χ3n) is 5.09. The highest BCUT2D eigenvalue weighted by molar-refractivity contribution is 5.77. The first kappa shape index (κ1) is 14.7. The van der Waals surface area contributed by atoms with E-state index < -0.39 is 5.41 Å². The molecule has 4 heteroatoms. The number of hydrogen-bond donors (Lipinski definition) is 3. The summed E-state index contributed by atoms with van der Waals surface area (Å²) in [4.78, 5) is 0. The molecule has 0 amide bonds. The number of hydrogen-bond acceptors (Lipinski definition) is 3. The zero-order chi connectivity index (χ0) is 16.9. The van der Waals surface area contributed by atoms with Gasteiger partial charge in [-0.2, -0.15) is 0 Å². The number of benzene rings is 2. The monoisotopic (exact) mass is 320 g/mol. The minimum atomic E-state index is -0.406. The number of anilines is 1. The highest BCUT2D eigenvalue weighted by atomic mass is 16.3. The summed E-state index contributed by atoms with van der Waals surface area (Å²) in [5.41, 5.74) is 9.90. The van der Waals surface area contributed by atoms with E-state index in [1.54, 1.807) is 4.57 Å².